The van der Waals surface area contributed by atoms with Gasteiger partial charge in [-0.25, -0.2) is 4.39 Å². The van der Waals surface area contributed by atoms with Gasteiger partial charge in [-0.2, -0.15) is 0 Å². The standard InChI is InChI=1S/C21H17ClFIN2O5S/c1-2-30-16-7-11(8-17-20(28)26(9-18(25)27)21(29)32-17)6-15(24)19(16)31-10-12-13(22)4-3-5-14(12)23/h3-8H,2,9-10H2,1H3,(H2,25,27)/b17-8-. The molecule has 2 N–H and O–H groups in total. The van der Waals surface area contributed by atoms with Crippen LogP contribution in [0.2, 0.25) is 5.02 Å². The van der Waals surface area contributed by atoms with Crippen molar-refractivity contribution < 1.29 is 28.2 Å². The number of carbonyl (C=O) groups excluding carboxylic acids is 3. The second-order valence-electron chi connectivity index (χ2n) is 6.49. The number of hydrogen-bond acceptors (Lipinski definition) is 6. The Labute approximate surface area is 206 Å². The summed E-state index contributed by atoms with van der Waals surface area (Å²) < 4.78 is 26.2. The van der Waals surface area contributed by atoms with Crippen molar-refractivity contribution >= 4 is 69.1 Å². The Balaban J connectivity index is 1.89. The van der Waals surface area contributed by atoms with Gasteiger partial charge in [0.25, 0.3) is 11.1 Å². The molecule has 7 nitrogen and oxygen atoms in total. The van der Waals surface area contributed by atoms with Gasteiger partial charge in [-0.1, -0.05) is 17.7 Å². The third-order valence-electron chi connectivity index (χ3n) is 4.24. The minimum absolute atomic E-state index is 0.104. The van der Waals surface area contributed by atoms with Crippen LogP contribution in [0.25, 0.3) is 6.08 Å². The van der Waals surface area contributed by atoms with Crippen LogP contribution in [-0.4, -0.2) is 35.1 Å². The first-order valence-electron chi connectivity index (χ1n) is 9.27. The highest BCUT2D eigenvalue weighted by molar-refractivity contribution is 14.1. The number of hydrogen-bond donors (Lipinski definition) is 1. The Hall–Kier alpha value is -2.31. The zero-order chi connectivity index (χ0) is 23.4. The maximum Gasteiger partial charge on any atom is 0.294 e. The Morgan fingerprint density at radius 1 is 1.31 bits per heavy atom. The molecular weight excluding hydrogens is 574 g/mol. The largest absolute Gasteiger partial charge is 0.490 e. The summed E-state index contributed by atoms with van der Waals surface area (Å²) >= 11 is 8.82. The predicted octanol–water partition coefficient (Wildman–Crippen LogP) is 4.58. The monoisotopic (exact) mass is 590 g/mol. The lowest BCUT2D eigenvalue weighted by Gasteiger charge is -2.15. The first-order chi connectivity index (χ1) is 15.2. The van der Waals surface area contributed by atoms with Crippen LogP contribution in [0.15, 0.2) is 35.2 Å². The Morgan fingerprint density at radius 2 is 2.06 bits per heavy atom. The van der Waals surface area contributed by atoms with Crippen molar-refractivity contribution in [2.75, 3.05) is 13.2 Å². The van der Waals surface area contributed by atoms with Gasteiger partial charge >= 0.3 is 0 Å². The summed E-state index contributed by atoms with van der Waals surface area (Å²) in [6.07, 6.45) is 1.52. The highest BCUT2D eigenvalue weighted by Gasteiger charge is 2.35. The third-order valence-corrected chi connectivity index (χ3v) is 6.30. The van der Waals surface area contributed by atoms with E-state index in [1.807, 2.05) is 22.6 Å². The minimum Gasteiger partial charge on any atom is -0.490 e. The molecule has 1 aliphatic heterocycles. The molecule has 2 aromatic rings. The number of carbonyl (C=O) groups is 3. The smallest absolute Gasteiger partial charge is 0.294 e. The third kappa shape index (κ3) is 5.54. The van der Waals surface area contributed by atoms with Gasteiger partial charge in [0.05, 0.1) is 20.1 Å². The Bertz CT molecular complexity index is 1110. The number of thioether (sulfide) groups is 1. The molecule has 0 spiro atoms. The van der Waals surface area contributed by atoms with Gasteiger partial charge < -0.3 is 15.2 Å². The van der Waals surface area contributed by atoms with Crippen LogP contribution >= 0.6 is 46.0 Å². The van der Waals surface area contributed by atoms with Crippen molar-refractivity contribution in [1.29, 1.82) is 0 Å². The average molecular weight is 591 g/mol. The van der Waals surface area contributed by atoms with E-state index in [0.717, 1.165) is 16.7 Å². The predicted molar refractivity (Wildman–Crippen MR) is 128 cm³/mol. The molecule has 11 heteroatoms. The molecule has 0 saturated carbocycles. The summed E-state index contributed by atoms with van der Waals surface area (Å²) in [5, 5.41) is -0.317. The van der Waals surface area contributed by atoms with Gasteiger partial charge in [-0.15, -0.1) is 0 Å². The first-order valence-corrected chi connectivity index (χ1v) is 11.5. The number of primary amides is 1. The summed E-state index contributed by atoms with van der Waals surface area (Å²) in [6, 6.07) is 7.76. The van der Waals surface area contributed by atoms with Gasteiger partial charge in [-0.3, -0.25) is 19.3 Å². The molecule has 0 aromatic heterocycles. The maximum absolute atomic E-state index is 14.1. The molecule has 0 unspecified atom stereocenters. The fourth-order valence-corrected chi connectivity index (χ4v) is 4.67. The number of nitrogens with two attached hydrogens (primary N) is 1. The van der Waals surface area contributed by atoms with Gasteiger partial charge in [0, 0.05) is 5.56 Å². The molecular formula is C21H17ClFIN2O5S. The number of amides is 3. The van der Waals surface area contributed by atoms with Crippen LogP contribution in [0.1, 0.15) is 18.1 Å². The van der Waals surface area contributed by atoms with E-state index in [0.29, 0.717) is 27.2 Å². The van der Waals surface area contributed by atoms with E-state index in [1.165, 1.54) is 18.2 Å². The molecule has 32 heavy (non-hydrogen) atoms. The van der Waals surface area contributed by atoms with Crippen LogP contribution in [-0.2, 0) is 16.2 Å². The number of benzene rings is 2. The molecule has 3 rings (SSSR count). The van der Waals surface area contributed by atoms with Crippen LogP contribution < -0.4 is 15.2 Å². The molecule has 0 bridgehead atoms. The molecule has 2 aromatic carbocycles. The molecule has 0 atom stereocenters. The van der Waals surface area contributed by atoms with Crippen molar-refractivity contribution in [3.8, 4) is 11.5 Å². The maximum atomic E-state index is 14.1. The number of halogens is 3. The number of imide groups is 1. The first kappa shape index (κ1) is 24.3. The molecule has 1 heterocycles. The van der Waals surface area contributed by atoms with Crippen molar-refractivity contribution in [1.82, 2.24) is 4.90 Å². The lowest BCUT2D eigenvalue weighted by molar-refractivity contribution is -0.127. The molecule has 0 radical (unpaired) electrons. The van der Waals surface area contributed by atoms with Crippen molar-refractivity contribution in [2.24, 2.45) is 5.73 Å². The Kier molecular flexibility index (Phi) is 8.01. The molecule has 1 aliphatic rings. The summed E-state index contributed by atoms with van der Waals surface area (Å²) in [7, 11) is 0. The fourth-order valence-electron chi connectivity index (χ4n) is 2.83. The van der Waals surface area contributed by atoms with Crippen LogP contribution in [0, 0.1) is 9.39 Å². The summed E-state index contributed by atoms with van der Waals surface area (Å²) in [4.78, 5) is 36.5. The highest BCUT2D eigenvalue weighted by atomic mass is 127. The van der Waals surface area contributed by atoms with E-state index in [4.69, 9.17) is 26.8 Å². The van der Waals surface area contributed by atoms with Crippen LogP contribution in [0.3, 0.4) is 0 Å². The number of nitrogens with zero attached hydrogens (tertiary/aromatic N) is 1. The zero-order valence-electron chi connectivity index (χ0n) is 16.7. The van der Waals surface area contributed by atoms with E-state index in [9.17, 15) is 18.8 Å². The molecule has 1 saturated heterocycles. The van der Waals surface area contributed by atoms with Gasteiger partial charge in [0.1, 0.15) is 19.0 Å². The minimum atomic E-state index is -0.779. The summed E-state index contributed by atoms with van der Waals surface area (Å²) in [5.41, 5.74) is 5.90. The van der Waals surface area contributed by atoms with Gasteiger partial charge in [0.2, 0.25) is 5.91 Å². The molecule has 1 fully saturated rings. The van der Waals surface area contributed by atoms with Gasteiger partial charge in [0.15, 0.2) is 11.5 Å². The van der Waals surface area contributed by atoms with Gasteiger partial charge in [-0.05, 0) is 77.2 Å². The van der Waals surface area contributed by atoms with Crippen molar-refractivity contribution in [2.45, 2.75) is 13.5 Å². The van der Waals surface area contributed by atoms with Crippen LogP contribution in [0.5, 0.6) is 11.5 Å². The molecule has 0 aliphatic carbocycles. The number of ether oxygens (including phenoxy) is 2. The van der Waals surface area contributed by atoms with E-state index >= 15 is 0 Å². The van der Waals surface area contributed by atoms with E-state index < -0.39 is 29.4 Å². The fraction of sp³-hybridized carbons (Fsp3) is 0.190. The highest BCUT2D eigenvalue weighted by Crippen LogP contribution is 2.38. The second kappa shape index (κ2) is 10.5. The zero-order valence-corrected chi connectivity index (χ0v) is 20.4. The lowest BCUT2D eigenvalue weighted by atomic mass is 10.1. The van der Waals surface area contributed by atoms with Crippen molar-refractivity contribution in [3.05, 3.63) is 60.8 Å². The van der Waals surface area contributed by atoms with Crippen molar-refractivity contribution in [3.63, 3.8) is 0 Å². The normalized spacial score (nSPS) is 14.9. The SMILES string of the molecule is CCOc1cc(/C=C2\SC(=O)N(CC(N)=O)C2=O)cc(I)c1OCc1c(F)cccc1Cl. The van der Waals surface area contributed by atoms with E-state index in [2.05, 4.69) is 0 Å². The topological polar surface area (TPSA) is 98.9 Å². The number of rotatable bonds is 8. The summed E-state index contributed by atoms with van der Waals surface area (Å²) in [6.45, 7) is 1.56. The lowest BCUT2D eigenvalue weighted by Crippen LogP contribution is -2.36. The Morgan fingerprint density at radius 3 is 2.72 bits per heavy atom. The summed E-state index contributed by atoms with van der Waals surface area (Å²) in [5.74, 6) is -1.08. The molecule has 168 valence electrons. The average Bonchev–Trinajstić information content (AvgIpc) is 2.96. The van der Waals surface area contributed by atoms with Crippen LogP contribution in [0.4, 0.5) is 9.18 Å². The van der Waals surface area contributed by atoms with E-state index in [1.54, 1.807) is 25.1 Å². The second-order valence-corrected chi connectivity index (χ2v) is 9.05. The van der Waals surface area contributed by atoms with E-state index in [-0.39, 0.29) is 22.1 Å². The molecule has 3 amide bonds. The quantitative estimate of drug-likeness (QED) is 0.357.